The molecular formula is C21H26N4O. The first kappa shape index (κ1) is 17.2. The Hall–Kier alpha value is -2.24. The summed E-state index contributed by atoms with van der Waals surface area (Å²) in [5.41, 5.74) is 8.95. The largest absolute Gasteiger partial charge is 0.337 e. The van der Waals surface area contributed by atoms with Crippen LogP contribution in [-0.4, -0.2) is 34.4 Å². The molecule has 2 unspecified atom stereocenters. The summed E-state index contributed by atoms with van der Waals surface area (Å²) in [4.78, 5) is 19.2. The Labute approximate surface area is 154 Å². The molecule has 1 aromatic heterocycles. The fourth-order valence-electron chi connectivity index (χ4n) is 3.66. The molecule has 5 nitrogen and oxygen atoms in total. The quantitative estimate of drug-likeness (QED) is 0.804. The number of hydrogen-bond donors (Lipinski definition) is 2. The van der Waals surface area contributed by atoms with Gasteiger partial charge in [-0.3, -0.25) is 15.2 Å². The van der Waals surface area contributed by atoms with Gasteiger partial charge in [-0.25, -0.2) is 5.43 Å². The van der Waals surface area contributed by atoms with Crippen LogP contribution in [0.5, 0.6) is 0 Å². The number of hydrazine groups is 1. The SMILES string of the molecule is O=C(C1CC(C2CC2)NN1)N(CCc1ccccc1)Cc1ccncc1. The van der Waals surface area contributed by atoms with Crippen LogP contribution in [0.1, 0.15) is 30.4 Å². The first-order chi connectivity index (χ1) is 12.8. The summed E-state index contributed by atoms with van der Waals surface area (Å²) in [5.74, 6) is 0.937. The minimum atomic E-state index is -0.127. The molecule has 0 radical (unpaired) electrons. The van der Waals surface area contributed by atoms with Crippen molar-refractivity contribution in [3.63, 3.8) is 0 Å². The third-order valence-corrected chi connectivity index (χ3v) is 5.37. The highest BCUT2D eigenvalue weighted by Gasteiger charge is 2.39. The monoisotopic (exact) mass is 350 g/mol. The number of carbonyl (C=O) groups is 1. The molecule has 5 heteroatoms. The average Bonchev–Trinajstić information content (AvgIpc) is 3.43. The Morgan fingerprint density at radius 3 is 2.54 bits per heavy atom. The molecule has 2 aromatic rings. The molecule has 1 saturated carbocycles. The maximum atomic E-state index is 13.2. The van der Waals surface area contributed by atoms with Gasteiger partial charge < -0.3 is 4.90 Å². The highest BCUT2D eigenvalue weighted by molar-refractivity contribution is 5.82. The predicted molar refractivity (Wildman–Crippen MR) is 101 cm³/mol. The second kappa shape index (κ2) is 7.98. The normalized spacial score (nSPS) is 22.3. The summed E-state index contributed by atoms with van der Waals surface area (Å²) in [6, 6.07) is 14.6. The number of benzene rings is 1. The molecule has 4 rings (SSSR count). The minimum absolute atomic E-state index is 0.127. The highest BCUT2D eigenvalue weighted by atomic mass is 16.2. The van der Waals surface area contributed by atoms with Gasteiger partial charge in [0.05, 0.1) is 0 Å². The standard InChI is InChI=1S/C21H26N4O/c26-21(20-14-19(23-24-20)18-6-7-18)25(15-17-8-11-22-12-9-17)13-10-16-4-2-1-3-5-16/h1-5,8-9,11-12,18-20,23-24H,6-7,10,13-15H2. The van der Waals surface area contributed by atoms with Gasteiger partial charge in [-0.05, 0) is 54.9 Å². The fraction of sp³-hybridized carbons (Fsp3) is 0.429. The second-order valence-electron chi connectivity index (χ2n) is 7.37. The van der Waals surface area contributed by atoms with Crippen LogP contribution in [0.3, 0.4) is 0 Å². The maximum Gasteiger partial charge on any atom is 0.241 e. The van der Waals surface area contributed by atoms with Crippen LogP contribution in [0, 0.1) is 5.92 Å². The van der Waals surface area contributed by atoms with Crippen molar-refractivity contribution in [1.82, 2.24) is 20.7 Å². The molecule has 136 valence electrons. The van der Waals surface area contributed by atoms with Crippen LogP contribution in [0.15, 0.2) is 54.9 Å². The maximum absolute atomic E-state index is 13.2. The molecule has 1 aromatic carbocycles. The molecule has 0 spiro atoms. The molecule has 2 heterocycles. The number of pyridine rings is 1. The number of nitrogens with one attached hydrogen (secondary N) is 2. The van der Waals surface area contributed by atoms with Crippen LogP contribution in [0.4, 0.5) is 0 Å². The molecule has 1 aliphatic carbocycles. The van der Waals surface area contributed by atoms with Crippen molar-refractivity contribution in [2.45, 2.75) is 44.3 Å². The zero-order valence-electron chi connectivity index (χ0n) is 15.0. The zero-order valence-corrected chi connectivity index (χ0v) is 15.0. The Bertz CT molecular complexity index is 717. The van der Waals surface area contributed by atoms with E-state index in [1.807, 2.05) is 35.2 Å². The third kappa shape index (κ3) is 4.29. The summed E-state index contributed by atoms with van der Waals surface area (Å²) in [6.07, 6.45) is 7.90. The fourth-order valence-corrected chi connectivity index (χ4v) is 3.66. The lowest BCUT2D eigenvalue weighted by atomic mass is 10.0. The van der Waals surface area contributed by atoms with Crippen LogP contribution < -0.4 is 10.9 Å². The topological polar surface area (TPSA) is 57.3 Å². The lowest BCUT2D eigenvalue weighted by Gasteiger charge is -2.26. The first-order valence-electron chi connectivity index (χ1n) is 9.52. The van der Waals surface area contributed by atoms with Crippen molar-refractivity contribution in [2.75, 3.05) is 6.54 Å². The average molecular weight is 350 g/mol. The Kier molecular flexibility index (Phi) is 5.27. The number of amides is 1. The van der Waals surface area contributed by atoms with Gasteiger partial charge in [0, 0.05) is 31.5 Å². The molecule has 2 aliphatic rings. The van der Waals surface area contributed by atoms with Crippen LogP contribution in [-0.2, 0) is 17.8 Å². The van der Waals surface area contributed by atoms with E-state index in [1.165, 1.54) is 18.4 Å². The van der Waals surface area contributed by atoms with E-state index < -0.39 is 0 Å². The van der Waals surface area contributed by atoms with Crippen molar-refractivity contribution in [3.8, 4) is 0 Å². The van der Waals surface area contributed by atoms with Crippen molar-refractivity contribution in [3.05, 3.63) is 66.0 Å². The molecule has 1 aliphatic heterocycles. The van der Waals surface area contributed by atoms with E-state index in [2.05, 4.69) is 28.0 Å². The Morgan fingerprint density at radius 2 is 1.81 bits per heavy atom. The van der Waals surface area contributed by atoms with Crippen molar-refractivity contribution >= 4 is 5.91 Å². The number of hydrogen-bond acceptors (Lipinski definition) is 4. The zero-order chi connectivity index (χ0) is 17.8. The van der Waals surface area contributed by atoms with Gasteiger partial charge in [0.2, 0.25) is 5.91 Å². The van der Waals surface area contributed by atoms with Crippen molar-refractivity contribution < 1.29 is 4.79 Å². The molecule has 2 fully saturated rings. The summed E-state index contributed by atoms with van der Waals surface area (Å²) in [7, 11) is 0. The van der Waals surface area contributed by atoms with Gasteiger partial charge in [-0.2, -0.15) is 0 Å². The predicted octanol–water partition coefficient (Wildman–Crippen LogP) is 2.30. The Morgan fingerprint density at radius 1 is 1.04 bits per heavy atom. The van der Waals surface area contributed by atoms with E-state index in [0.29, 0.717) is 12.6 Å². The number of rotatable bonds is 7. The van der Waals surface area contributed by atoms with Crippen LogP contribution in [0.25, 0.3) is 0 Å². The van der Waals surface area contributed by atoms with Gasteiger partial charge in [-0.1, -0.05) is 30.3 Å². The molecular weight excluding hydrogens is 324 g/mol. The van der Waals surface area contributed by atoms with Crippen molar-refractivity contribution in [2.24, 2.45) is 5.92 Å². The smallest absolute Gasteiger partial charge is 0.241 e. The van der Waals surface area contributed by atoms with Gasteiger partial charge in [-0.15, -0.1) is 0 Å². The second-order valence-corrected chi connectivity index (χ2v) is 7.37. The number of carbonyl (C=O) groups excluding carboxylic acids is 1. The van der Waals surface area contributed by atoms with Gasteiger partial charge in [0.15, 0.2) is 0 Å². The molecule has 26 heavy (non-hydrogen) atoms. The van der Waals surface area contributed by atoms with E-state index in [1.54, 1.807) is 12.4 Å². The third-order valence-electron chi connectivity index (χ3n) is 5.37. The van der Waals surface area contributed by atoms with E-state index in [9.17, 15) is 4.79 Å². The van der Waals surface area contributed by atoms with Crippen molar-refractivity contribution in [1.29, 1.82) is 0 Å². The molecule has 1 saturated heterocycles. The van der Waals surface area contributed by atoms with E-state index in [4.69, 9.17) is 0 Å². The van der Waals surface area contributed by atoms with E-state index in [-0.39, 0.29) is 11.9 Å². The van der Waals surface area contributed by atoms with Gasteiger partial charge in [0.25, 0.3) is 0 Å². The summed E-state index contributed by atoms with van der Waals surface area (Å²) >= 11 is 0. The first-order valence-corrected chi connectivity index (χ1v) is 9.52. The Balaban J connectivity index is 1.43. The van der Waals surface area contributed by atoms with E-state index >= 15 is 0 Å². The van der Waals surface area contributed by atoms with E-state index in [0.717, 1.165) is 30.9 Å². The summed E-state index contributed by atoms with van der Waals surface area (Å²) < 4.78 is 0. The lowest BCUT2D eigenvalue weighted by Crippen LogP contribution is -2.46. The number of nitrogens with zero attached hydrogens (tertiary/aromatic N) is 2. The molecule has 2 N–H and O–H groups in total. The number of aromatic nitrogens is 1. The van der Waals surface area contributed by atoms with Gasteiger partial charge in [0.1, 0.15) is 6.04 Å². The summed E-state index contributed by atoms with van der Waals surface area (Å²) in [6.45, 7) is 1.35. The lowest BCUT2D eigenvalue weighted by molar-refractivity contribution is -0.133. The molecule has 2 atom stereocenters. The van der Waals surface area contributed by atoms with Crippen LogP contribution in [0.2, 0.25) is 0 Å². The van der Waals surface area contributed by atoms with Gasteiger partial charge >= 0.3 is 0 Å². The minimum Gasteiger partial charge on any atom is -0.337 e. The molecule has 1 amide bonds. The molecule has 0 bridgehead atoms. The summed E-state index contributed by atoms with van der Waals surface area (Å²) in [5, 5.41) is 0. The highest BCUT2D eigenvalue weighted by Crippen LogP contribution is 2.35. The van der Waals surface area contributed by atoms with Crippen LogP contribution >= 0.6 is 0 Å².